The zero-order valence-electron chi connectivity index (χ0n) is 15.9. The number of piperidine rings is 2. The molecule has 3 aliphatic rings. The van der Waals surface area contributed by atoms with Gasteiger partial charge in [-0.3, -0.25) is 4.79 Å². The number of halogens is 3. The van der Waals surface area contributed by atoms with Gasteiger partial charge in [0.05, 0.1) is 5.92 Å². The molecule has 0 N–H and O–H groups in total. The third-order valence-corrected chi connectivity index (χ3v) is 6.71. The first-order chi connectivity index (χ1) is 12.3. The van der Waals surface area contributed by atoms with Crippen LogP contribution < -0.4 is 0 Å². The molecule has 0 aromatic carbocycles. The van der Waals surface area contributed by atoms with Crippen molar-refractivity contribution in [1.82, 2.24) is 9.80 Å². The number of hydrogen-bond donors (Lipinski definition) is 0. The molecule has 1 amide bonds. The molecule has 2 aliphatic heterocycles. The fourth-order valence-corrected chi connectivity index (χ4v) is 4.99. The van der Waals surface area contributed by atoms with Crippen LogP contribution in [-0.4, -0.2) is 54.6 Å². The van der Waals surface area contributed by atoms with E-state index in [0.29, 0.717) is 18.8 Å². The van der Waals surface area contributed by atoms with E-state index in [1.54, 1.807) is 0 Å². The molecule has 1 saturated carbocycles. The molecule has 3 atom stereocenters. The van der Waals surface area contributed by atoms with Gasteiger partial charge in [0.25, 0.3) is 0 Å². The summed E-state index contributed by atoms with van der Waals surface area (Å²) >= 11 is 0. The molecule has 0 spiro atoms. The number of nitrogens with zero attached hydrogens (tertiary/aromatic N) is 2. The number of carbonyl (C=O) groups is 1. The van der Waals surface area contributed by atoms with Crippen LogP contribution in [0, 0.1) is 23.7 Å². The number of amides is 1. The Bertz CT molecular complexity index is 474. The van der Waals surface area contributed by atoms with Gasteiger partial charge in [-0.25, -0.2) is 0 Å². The summed E-state index contributed by atoms with van der Waals surface area (Å²) in [5, 5.41) is 0. The Hall–Kier alpha value is -0.780. The van der Waals surface area contributed by atoms with Crippen molar-refractivity contribution in [3.8, 4) is 0 Å². The van der Waals surface area contributed by atoms with Gasteiger partial charge in [0.2, 0.25) is 5.91 Å². The fourth-order valence-electron chi connectivity index (χ4n) is 4.99. The van der Waals surface area contributed by atoms with Crippen molar-refractivity contribution in [3.05, 3.63) is 0 Å². The van der Waals surface area contributed by atoms with Crippen molar-refractivity contribution < 1.29 is 18.0 Å². The molecule has 3 fully saturated rings. The Kier molecular flexibility index (Phi) is 6.52. The van der Waals surface area contributed by atoms with E-state index >= 15 is 0 Å². The molecule has 0 aromatic heterocycles. The summed E-state index contributed by atoms with van der Waals surface area (Å²) in [4.78, 5) is 17.2. The normalized spacial score (nSPS) is 32.6. The summed E-state index contributed by atoms with van der Waals surface area (Å²) in [5.41, 5.74) is 0. The summed E-state index contributed by atoms with van der Waals surface area (Å²) in [6.07, 6.45) is 1.76. The molecule has 1 aliphatic carbocycles. The van der Waals surface area contributed by atoms with Gasteiger partial charge in [-0.05, 0) is 69.9 Å². The molecule has 3 nitrogen and oxygen atoms in total. The van der Waals surface area contributed by atoms with Crippen LogP contribution in [0.1, 0.15) is 58.3 Å². The number of carbonyl (C=O) groups excluding carboxylic acids is 1. The minimum absolute atomic E-state index is 0.00644. The third-order valence-electron chi connectivity index (χ3n) is 6.71. The maximum atomic E-state index is 13.0. The lowest BCUT2D eigenvalue weighted by molar-refractivity contribution is -0.187. The van der Waals surface area contributed by atoms with Crippen molar-refractivity contribution in [2.24, 2.45) is 23.7 Å². The first-order valence-electron chi connectivity index (χ1n) is 10.4. The van der Waals surface area contributed by atoms with E-state index in [2.05, 4.69) is 11.8 Å². The van der Waals surface area contributed by atoms with Gasteiger partial charge < -0.3 is 9.80 Å². The predicted molar refractivity (Wildman–Crippen MR) is 95.6 cm³/mol. The molecule has 3 rings (SSSR count). The first-order valence-corrected chi connectivity index (χ1v) is 10.4. The van der Waals surface area contributed by atoms with Gasteiger partial charge in [0.15, 0.2) is 0 Å². The van der Waals surface area contributed by atoms with E-state index in [9.17, 15) is 18.0 Å². The highest BCUT2D eigenvalue weighted by Gasteiger charge is 2.44. The largest absolute Gasteiger partial charge is 0.391 e. The number of likely N-dealkylation sites (tertiary alicyclic amines) is 2. The van der Waals surface area contributed by atoms with Crippen LogP contribution in [0.15, 0.2) is 0 Å². The second-order valence-electron chi connectivity index (χ2n) is 8.88. The van der Waals surface area contributed by atoms with Crippen LogP contribution in [-0.2, 0) is 4.79 Å². The molecule has 6 heteroatoms. The maximum absolute atomic E-state index is 13.0. The summed E-state index contributed by atoms with van der Waals surface area (Å²) in [6.45, 7) is 7.07. The van der Waals surface area contributed by atoms with Crippen LogP contribution in [0.25, 0.3) is 0 Å². The second kappa shape index (κ2) is 8.49. The lowest BCUT2D eigenvalue weighted by Gasteiger charge is -2.40. The average Bonchev–Trinajstić information content (AvgIpc) is 2.63. The van der Waals surface area contributed by atoms with Gasteiger partial charge in [0, 0.05) is 25.6 Å². The minimum atomic E-state index is -4.16. The smallest absolute Gasteiger partial charge is 0.342 e. The standard InChI is InChI=1S/C20H33F3N2O/c1-15-7-10-24(11-8-15)13-16-4-3-9-25(14-16)19(26)17-5-2-6-18(12-17)20(21,22)23/h15-18H,2-14H2,1H3. The molecule has 2 saturated heterocycles. The average molecular weight is 374 g/mol. The topological polar surface area (TPSA) is 23.6 Å². The first kappa shape index (κ1) is 20.0. The molecular formula is C20H33F3N2O. The summed E-state index contributed by atoms with van der Waals surface area (Å²) < 4.78 is 39.1. The molecule has 0 radical (unpaired) electrons. The number of hydrogen-bond acceptors (Lipinski definition) is 2. The van der Waals surface area contributed by atoms with Gasteiger partial charge in [0.1, 0.15) is 0 Å². The number of rotatable bonds is 3. The van der Waals surface area contributed by atoms with E-state index in [-0.39, 0.29) is 18.7 Å². The second-order valence-corrected chi connectivity index (χ2v) is 8.88. The summed E-state index contributed by atoms with van der Waals surface area (Å²) in [6, 6.07) is 0. The van der Waals surface area contributed by atoms with Crippen LogP contribution in [0.2, 0.25) is 0 Å². The van der Waals surface area contributed by atoms with E-state index in [1.165, 1.54) is 12.8 Å². The van der Waals surface area contributed by atoms with Gasteiger partial charge in [-0.15, -0.1) is 0 Å². The highest BCUT2D eigenvalue weighted by atomic mass is 19.4. The molecule has 26 heavy (non-hydrogen) atoms. The van der Waals surface area contributed by atoms with Gasteiger partial charge in [-0.2, -0.15) is 13.2 Å². The highest BCUT2D eigenvalue weighted by Crippen LogP contribution is 2.40. The lowest BCUT2D eigenvalue weighted by atomic mass is 9.80. The molecular weight excluding hydrogens is 341 g/mol. The minimum Gasteiger partial charge on any atom is -0.342 e. The predicted octanol–water partition coefficient (Wildman–Crippen LogP) is 4.33. The SMILES string of the molecule is CC1CCN(CC2CCCN(C(=O)C3CCCC(C(F)(F)F)C3)C2)CC1. The zero-order chi connectivity index (χ0) is 18.7. The quantitative estimate of drug-likeness (QED) is 0.734. The van der Waals surface area contributed by atoms with E-state index < -0.39 is 18.0 Å². The summed E-state index contributed by atoms with van der Waals surface area (Å²) in [5.74, 6) is -0.450. The van der Waals surface area contributed by atoms with Crippen LogP contribution >= 0.6 is 0 Å². The Balaban J connectivity index is 1.51. The van der Waals surface area contributed by atoms with E-state index in [0.717, 1.165) is 51.5 Å². The Morgan fingerprint density at radius 2 is 1.73 bits per heavy atom. The Labute approximate surface area is 155 Å². The number of alkyl halides is 3. The van der Waals surface area contributed by atoms with Crippen molar-refractivity contribution in [3.63, 3.8) is 0 Å². The molecule has 0 bridgehead atoms. The van der Waals surface area contributed by atoms with Crippen molar-refractivity contribution in [1.29, 1.82) is 0 Å². The third kappa shape index (κ3) is 5.14. The fraction of sp³-hybridized carbons (Fsp3) is 0.950. The zero-order valence-corrected chi connectivity index (χ0v) is 15.9. The molecule has 150 valence electrons. The van der Waals surface area contributed by atoms with E-state index in [1.807, 2.05) is 4.90 Å². The lowest BCUT2D eigenvalue weighted by Crippen LogP contribution is -2.47. The van der Waals surface area contributed by atoms with Crippen LogP contribution in [0.4, 0.5) is 13.2 Å². The van der Waals surface area contributed by atoms with Crippen molar-refractivity contribution >= 4 is 5.91 Å². The van der Waals surface area contributed by atoms with Crippen LogP contribution in [0.5, 0.6) is 0 Å². The van der Waals surface area contributed by atoms with Gasteiger partial charge in [-0.1, -0.05) is 13.3 Å². The van der Waals surface area contributed by atoms with Crippen LogP contribution in [0.3, 0.4) is 0 Å². The molecule has 0 aromatic rings. The van der Waals surface area contributed by atoms with Crippen molar-refractivity contribution in [2.75, 3.05) is 32.7 Å². The molecule has 3 unspecified atom stereocenters. The molecule has 2 heterocycles. The monoisotopic (exact) mass is 374 g/mol. The Morgan fingerprint density at radius 3 is 2.42 bits per heavy atom. The van der Waals surface area contributed by atoms with Crippen molar-refractivity contribution in [2.45, 2.75) is 64.5 Å². The summed E-state index contributed by atoms with van der Waals surface area (Å²) in [7, 11) is 0. The Morgan fingerprint density at radius 1 is 1.00 bits per heavy atom. The maximum Gasteiger partial charge on any atom is 0.391 e. The van der Waals surface area contributed by atoms with E-state index in [4.69, 9.17) is 0 Å². The highest BCUT2D eigenvalue weighted by molar-refractivity contribution is 5.79. The van der Waals surface area contributed by atoms with Gasteiger partial charge >= 0.3 is 6.18 Å².